The molecular formula is C56H65FN10O5. The molecule has 2 unspecified atom stereocenters. The van der Waals surface area contributed by atoms with E-state index in [4.69, 9.17) is 19.7 Å². The van der Waals surface area contributed by atoms with E-state index < -0.39 is 11.9 Å². The summed E-state index contributed by atoms with van der Waals surface area (Å²) >= 11 is 0. The van der Waals surface area contributed by atoms with Gasteiger partial charge in [-0.05, 0) is 128 Å². The summed E-state index contributed by atoms with van der Waals surface area (Å²) in [6.07, 6.45) is 12.6. The van der Waals surface area contributed by atoms with E-state index in [1.54, 1.807) is 23.2 Å². The molecule has 3 atom stereocenters. The highest BCUT2D eigenvalue weighted by Crippen LogP contribution is 2.52. The Morgan fingerprint density at radius 2 is 1.65 bits per heavy atom. The van der Waals surface area contributed by atoms with Crippen LogP contribution in [0.15, 0.2) is 54.7 Å². The number of fused-ring (bicyclic) bond motifs is 5. The zero-order valence-electron chi connectivity index (χ0n) is 41.3. The molecule has 2 bridgehead atoms. The summed E-state index contributed by atoms with van der Waals surface area (Å²) in [5, 5.41) is 19.2. The highest BCUT2D eigenvalue weighted by molar-refractivity contribution is 6.06. The van der Waals surface area contributed by atoms with Crippen LogP contribution in [0.5, 0.6) is 11.8 Å². The number of aromatic hydroxyl groups is 1. The monoisotopic (exact) mass is 977 g/mol. The minimum Gasteiger partial charge on any atom is -0.508 e. The third-order valence-corrected chi connectivity index (χ3v) is 17.9. The molecular weight excluding hydrogens is 912 g/mol. The normalized spacial score (nSPS) is 25.1. The number of hydrogen-bond donors (Lipinski definition) is 3. The fraction of sp³-hybridized carbons (Fsp3) is 0.536. The lowest BCUT2D eigenvalue weighted by Gasteiger charge is -2.55. The largest absolute Gasteiger partial charge is 0.508 e. The molecule has 72 heavy (non-hydrogen) atoms. The first-order valence-corrected chi connectivity index (χ1v) is 26.7. The maximum atomic E-state index is 17.2. The number of carbonyl (C=O) groups excluding carboxylic acids is 3. The number of aromatic nitrogens is 3. The molecule has 5 aromatic rings. The Labute approximate surface area is 419 Å². The number of nitrogens with one attached hydrogen (secondary N) is 2. The van der Waals surface area contributed by atoms with Gasteiger partial charge >= 0.3 is 6.01 Å². The summed E-state index contributed by atoms with van der Waals surface area (Å²) < 4.78 is 23.8. The SMILES string of the molecule is CCc1cccc2cc(O)cc(-c3ncc4c(N5CC6CCC(C5)N6)nc(OCC5(CN6CC7(CCC(CN8CCN(c9ccc%10c(c9)CN([C@H]9CCC(=O)NC9=O)C%10=O)CC8)CC7)C6)CC5)nc4c3F)c12. The lowest BCUT2D eigenvalue weighted by atomic mass is 9.65. The van der Waals surface area contributed by atoms with Crippen molar-refractivity contribution in [3.63, 3.8) is 0 Å². The Balaban J connectivity index is 0.622. The standard InChI is InChI=1S/C56H65FN10O5/c1-2-35-4-3-5-36-23-41(68)24-43(47(35)36)49-48(57)50-44(25-58-49)51(66-28-38-6-7-39(29-66)59-38)62-54(61-50)72-33-56(16-17-56)32-64-30-55(31-64)14-12-34(13-15-55)26-63-18-20-65(21-19-63)40-8-9-42-37(22-40)27-67(53(42)71)45-10-11-46(69)60-52(45)70/h3-5,8-9,22-25,34,38-39,45,59,68H,2,6-7,10-21,26-33H2,1H3,(H,60,69,70)/t38?,39?,45-/m0/s1. The van der Waals surface area contributed by atoms with Crippen molar-refractivity contribution in [2.24, 2.45) is 16.7 Å². The van der Waals surface area contributed by atoms with Crippen molar-refractivity contribution < 1.29 is 28.6 Å². The van der Waals surface area contributed by atoms with Crippen molar-refractivity contribution >= 4 is 50.9 Å². The van der Waals surface area contributed by atoms with Crippen LogP contribution in [0.2, 0.25) is 0 Å². The number of halogens is 1. The number of ether oxygens (including phenoxy) is 1. The van der Waals surface area contributed by atoms with E-state index in [0.717, 1.165) is 131 Å². The smallest absolute Gasteiger partial charge is 0.319 e. The van der Waals surface area contributed by atoms with Crippen LogP contribution in [0.3, 0.4) is 0 Å². The molecule has 16 heteroatoms. The summed E-state index contributed by atoms with van der Waals surface area (Å²) in [5.74, 6) is 0.145. The van der Waals surface area contributed by atoms with Crippen molar-refractivity contribution in [2.75, 3.05) is 81.9 Å². The summed E-state index contributed by atoms with van der Waals surface area (Å²) in [6, 6.07) is 15.7. The van der Waals surface area contributed by atoms with Crippen molar-refractivity contribution in [3.8, 4) is 23.0 Å². The second-order valence-corrected chi connectivity index (χ2v) is 22.8. The predicted octanol–water partition coefficient (Wildman–Crippen LogP) is 6.43. The average molecular weight is 977 g/mol. The number of phenols is 1. The molecule has 3 amide bonds. The second kappa shape index (κ2) is 17.9. The van der Waals surface area contributed by atoms with Gasteiger partial charge in [-0.2, -0.15) is 9.97 Å². The number of phenolic OH excluding ortho intramolecular Hbond substituents is 1. The van der Waals surface area contributed by atoms with Crippen LogP contribution < -0.4 is 25.2 Å². The molecule has 13 rings (SSSR count). The number of nitrogens with zero attached hydrogens (tertiary/aromatic N) is 8. The van der Waals surface area contributed by atoms with Crippen LogP contribution in [-0.4, -0.2) is 143 Å². The molecule has 2 saturated carbocycles. The Morgan fingerprint density at radius 3 is 2.40 bits per heavy atom. The van der Waals surface area contributed by atoms with Crippen molar-refractivity contribution in [3.05, 3.63) is 77.2 Å². The van der Waals surface area contributed by atoms with Crippen LogP contribution in [0.25, 0.3) is 32.9 Å². The first-order valence-electron chi connectivity index (χ1n) is 26.7. The molecule has 7 fully saturated rings. The topological polar surface area (TPSA) is 160 Å². The zero-order chi connectivity index (χ0) is 48.9. The molecule has 376 valence electrons. The van der Waals surface area contributed by atoms with E-state index in [0.29, 0.717) is 59.4 Å². The van der Waals surface area contributed by atoms with Gasteiger partial charge in [0, 0.05) is 119 Å². The number of anilines is 2. The van der Waals surface area contributed by atoms with Gasteiger partial charge in [0.05, 0.1) is 12.0 Å². The van der Waals surface area contributed by atoms with E-state index in [-0.39, 0.29) is 52.5 Å². The van der Waals surface area contributed by atoms with Crippen LogP contribution in [0.4, 0.5) is 15.9 Å². The number of rotatable bonds is 12. The van der Waals surface area contributed by atoms with Gasteiger partial charge in [0.1, 0.15) is 28.8 Å². The van der Waals surface area contributed by atoms with E-state index in [2.05, 4.69) is 43.2 Å². The molecule has 3 N–H and O–H groups in total. The Hall–Kier alpha value is -5.97. The Kier molecular flexibility index (Phi) is 11.4. The molecule has 2 aromatic heterocycles. The fourth-order valence-corrected chi connectivity index (χ4v) is 13.8. The zero-order valence-corrected chi connectivity index (χ0v) is 41.3. The Morgan fingerprint density at radius 1 is 0.861 bits per heavy atom. The van der Waals surface area contributed by atoms with E-state index >= 15 is 4.39 Å². The molecule has 6 aliphatic heterocycles. The average Bonchev–Trinajstić information content (AvgIpc) is 3.96. The number of imide groups is 1. The molecule has 8 aliphatic rings. The van der Waals surface area contributed by atoms with Gasteiger partial charge in [0.15, 0.2) is 5.82 Å². The quantitative estimate of drug-likeness (QED) is 0.118. The first-order chi connectivity index (χ1) is 35.0. The first kappa shape index (κ1) is 45.9. The van der Waals surface area contributed by atoms with Crippen LogP contribution >= 0.6 is 0 Å². The molecule has 2 aliphatic carbocycles. The van der Waals surface area contributed by atoms with Crippen LogP contribution in [0.1, 0.15) is 92.6 Å². The van der Waals surface area contributed by atoms with Crippen LogP contribution in [-0.2, 0) is 22.6 Å². The maximum Gasteiger partial charge on any atom is 0.319 e. The Bertz CT molecular complexity index is 2980. The number of piperidine rings is 1. The predicted molar refractivity (Wildman–Crippen MR) is 273 cm³/mol. The van der Waals surface area contributed by atoms with Gasteiger partial charge < -0.3 is 34.8 Å². The summed E-state index contributed by atoms with van der Waals surface area (Å²) in [4.78, 5) is 63.7. The summed E-state index contributed by atoms with van der Waals surface area (Å²) in [5.41, 5.74) is 5.16. The van der Waals surface area contributed by atoms with Crippen molar-refractivity contribution in [2.45, 2.75) is 102 Å². The fourth-order valence-electron chi connectivity index (χ4n) is 13.8. The summed E-state index contributed by atoms with van der Waals surface area (Å²) in [7, 11) is 0. The maximum absolute atomic E-state index is 17.2. The van der Waals surface area contributed by atoms with Crippen LogP contribution in [0, 0.1) is 22.6 Å². The number of piperazine rings is 2. The van der Waals surface area contributed by atoms with Gasteiger partial charge in [-0.25, -0.2) is 4.39 Å². The lowest BCUT2D eigenvalue weighted by Crippen LogP contribution is -2.59. The third-order valence-electron chi connectivity index (χ3n) is 17.9. The number of pyridine rings is 1. The second-order valence-electron chi connectivity index (χ2n) is 22.8. The number of likely N-dealkylation sites (tertiary alicyclic amines) is 1. The van der Waals surface area contributed by atoms with Crippen molar-refractivity contribution in [1.82, 2.24) is 40.3 Å². The third kappa shape index (κ3) is 8.40. The molecule has 5 saturated heterocycles. The highest BCUT2D eigenvalue weighted by atomic mass is 19.1. The number of benzene rings is 3. The van der Waals surface area contributed by atoms with Gasteiger partial charge in [-0.1, -0.05) is 25.1 Å². The lowest BCUT2D eigenvalue weighted by molar-refractivity contribution is -0.136. The number of hydrogen-bond acceptors (Lipinski definition) is 13. The highest BCUT2D eigenvalue weighted by Gasteiger charge is 2.52. The van der Waals surface area contributed by atoms with Gasteiger partial charge in [0.25, 0.3) is 5.91 Å². The van der Waals surface area contributed by atoms with Gasteiger partial charge in [0.2, 0.25) is 11.8 Å². The minimum absolute atomic E-state index is 0.0416. The number of aryl methyl sites for hydroxylation is 1. The van der Waals surface area contributed by atoms with E-state index in [9.17, 15) is 19.5 Å². The number of amides is 3. The molecule has 15 nitrogen and oxygen atoms in total. The number of carbonyl (C=O) groups is 3. The molecule has 3 aromatic carbocycles. The van der Waals surface area contributed by atoms with Crippen molar-refractivity contribution in [1.29, 1.82) is 0 Å². The molecule has 0 radical (unpaired) electrons. The van der Waals surface area contributed by atoms with E-state index in [1.807, 2.05) is 30.3 Å². The summed E-state index contributed by atoms with van der Waals surface area (Å²) in [6.45, 7) is 12.9. The minimum atomic E-state index is -0.599. The van der Waals surface area contributed by atoms with Gasteiger partial charge in [-0.3, -0.25) is 29.6 Å². The van der Waals surface area contributed by atoms with E-state index in [1.165, 1.54) is 25.7 Å². The van der Waals surface area contributed by atoms with Gasteiger partial charge in [-0.15, -0.1) is 0 Å². The molecule has 8 heterocycles. The molecule has 1 spiro atoms.